The number of carbonyl (C=O) groups excluding carboxylic acids is 1. The van der Waals surface area contributed by atoms with Crippen LogP contribution < -0.4 is 10.6 Å². The number of nitrogens with zero attached hydrogens (tertiary/aromatic N) is 2. The Morgan fingerprint density at radius 1 is 1.12 bits per heavy atom. The van der Waals surface area contributed by atoms with Gasteiger partial charge < -0.3 is 15.6 Å². The van der Waals surface area contributed by atoms with Crippen molar-refractivity contribution >= 4 is 22.6 Å². The third kappa shape index (κ3) is 2.85. The molecule has 0 aliphatic heterocycles. The topological polar surface area (TPSA) is 74.7 Å². The maximum absolute atomic E-state index is 11.6. The minimum absolute atomic E-state index is 0.247. The molecule has 0 fully saturated rings. The monoisotopic (exact) mass is 331 g/mol. The van der Waals surface area contributed by atoms with Crippen LogP contribution in [-0.2, 0) is 0 Å². The lowest BCUT2D eigenvalue weighted by Gasteiger charge is -2.04. The van der Waals surface area contributed by atoms with Crippen LogP contribution in [0.25, 0.3) is 27.7 Å². The van der Waals surface area contributed by atoms with E-state index in [1.807, 2.05) is 65.6 Å². The molecule has 6 nitrogen and oxygen atoms in total. The number of amides is 2. The van der Waals surface area contributed by atoms with Gasteiger partial charge in [-0.15, -0.1) is 0 Å². The first-order valence-electron chi connectivity index (χ1n) is 7.95. The van der Waals surface area contributed by atoms with Gasteiger partial charge in [-0.2, -0.15) is 5.10 Å². The van der Waals surface area contributed by atoms with Crippen LogP contribution in [0.1, 0.15) is 0 Å². The average molecular weight is 331 g/mol. The van der Waals surface area contributed by atoms with E-state index in [0.29, 0.717) is 0 Å². The number of para-hydroxylation sites is 1. The zero-order chi connectivity index (χ0) is 17.2. The number of rotatable bonds is 3. The van der Waals surface area contributed by atoms with Crippen molar-refractivity contribution in [2.45, 2.75) is 0 Å². The van der Waals surface area contributed by atoms with Crippen LogP contribution in [0, 0.1) is 0 Å². The van der Waals surface area contributed by atoms with E-state index in [-0.39, 0.29) is 6.03 Å². The lowest BCUT2D eigenvalue weighted by Crippen LogP contribution is -2.24. The second-order valence-electron chi connectivity index (χ2n) is 5.68. The van der Waals surface area contributed by atoms with Gasteiger partial charge in [-0.3, -0.25) is 0 Å². The Morgan fingerprint density at radius 3 is 2.76 bits per heavy atom. The van der Waals surface area contributed by atoms with Gasteiger partial charge >= 0.3 is 6.03 Å². The number of hydrogen-bond donors (Lipinski definition) is 3. The number of aromatic nitrogens is 3. The van der Waals surface area contributed by atoms with Crippen LogP contribution in [0.5, 0.6) is 0 Å². The van der Waals surface area contributed by atoms with Crippen molar-refractivity contribution in [3.63, 3.8) is 0 Å². The van der Waals surface area contributed by atoms with Gasteiger partial charge in [-0.25, -0.2) is 9.48 Å². The first kappa shape index (κ1) is 15.0. The number of hydrogen-bond acceptors (Lipinski definition) is 2. The molecule has 0 radical (unpaired) electrons. The number of urea groups is 1. The third-order valence-electron chi connectivity index (χ3n) is 4.09. The molecule has 2 heterocycles. The molecular weight excluding hydrogens is 314 g/mol. The van der Waals surface area contributed by atoms with E-state index in [1.54, 1.807) is 13.2 Å². The van der Waals surface area contributed by atoms with Crippen LogP contribution in [-0.4, -0.2) is 27.8 Å². The van der Waals surface area contributed by atoms with E-state index < -0.39 is 0 Å². The largest absolute Gasteiger partial charge is 0.359 e. The van der Waals surface area contributed by atoms with Gasteiger partial charge in [-0.05, 0) is 29.8 Å². The zero-order valence-corrected chi connectivity index (χ0v) is 13.7. The predicted molar refractivity (Wildman–Crippen MR) is 98.9 cm³/mol. The number of benzene rings is 2. The molecule has 6 heteroatoms. The molecule has 0 spiro atoms. The molecule has 0 saturated carbocycles. The van der Waals surface area contributed by atoms with Gasteiger partial charge in [0.15, 0.2) is 0 Å². The molecular formula is C19H17N5O. The standard InChI is InChI=1S/C19H17N5O/c1-20-19(25)23-18-11-21-17-8-7-13(9-16(17)18)14-10-22-24(12-14)15-5-3-2-4-6-15/h2-12,21H,1H3,(H2,20,23,25). The molecule has 3 N–H and O–H groups in total. The molecule has 2 aromatic carbocycles. The van der Waals surface area contributed by atoms with Crippen molar-refractivity contribution in [2.75, 3.05) is 12.4 Å². The summed E-state index contributed by atoms with van der Waals surface area (Å²) in [5.74, 6) is 0. The highest BCUT2D eigenvalue weighted by Gasteiger charge is 2.09. The fourth-order valence-electron chi connectivity index (χ4n) is 2.78. The van der Waals surface area contributed by atoms with Crippen LogP contribution >= 0.6 is 0 Å². The Bertz CT molecular complexity index is 1030. The Morgan fingerprint density at radius 2 is 1.96 bits per heavy atom. The Labute approximate surface area is 144 Å². The normalized spacial score (nSPS) is 10.8. The highest BCUT2D eigenvalue weighted by atomic mass is 16.2. The lowest BCUT2D eigenvalue weighted by molar-refractivity contribution is 0.254. The van der Waals surface area contributed by atoms with Gasteiger partial charge in [0.2, 0.25) is 0 Å². The second-order valence-corrected chi connectivity index (χ2v) is 5.68. The van der Waals surface area contributed by atoms with Crippen LogP contribution in [0.3, 0.4) is 0 Å². The molecule has 2 amide bonds. The highest BCUT2D eigenvalue weighted by molar-refractivity contribution is 6.02. The Balaban J connectivity index is 1.71. The van der Waals surface area contributed by atoms with Crippen molar-refractivity contribution in [3.8, 4) is 16.8 Å². The fraction of sp³-hybridized carbons (Fsp3) is 0.0526. The van der Waals surface area contributed by atoms with Crippen LogP contribution in [0.15, 0.2) is 67.1 Å². The fourth-order valence-corrected chi connectivity index (χ4v) is 2.78. The van der Waals surface area contributed by atoms with E-state index in [0.717, 1.165) is 33.4 Å². The van der Waals surface area contributed by atoms with Crippen LogP contribution in [0.4, 0.5) is 10.5 Å². The molecule has 0 unspecified atom stereocenters. The first-order chi connectivity index (χ1) is 12.2. The van der Waals surface area contributed by atoms with Crippen LogP contribution in [0.2, 0.25) is 0 Å². The van der Waals surface area contributed by atoms with Crippen molar-refractivity contribution in [1.29, 1.82) is 0 Å². The quantitative estimate of drug-likeness (QED) is 0.534. The minimum atomic E-state index is -0.247. The molecule has 4 aromatic rings. The molecule has 4 rings (SSSR count). The number of fused-ring (bicyclic) bond motifs is 1. The summed E-state index contributed by atoms with van der Waals surface area (Å²) in [6.45, 7) is 0. The van der Waals surface area contributed by atoms with E-state index in [1.165, 1.54) is 0 Å². The number of anilines is 1. The summed E-state index contributed by atoms with van der Waals surface area (Å²) in [6, 6.07) is 15.8. The average Bonchev–Trinajstić information content (AvgIpc) is 3.30. The summed E-state index contributed by atoms with van der Waals surface area (Å²) in [6.07, 6.45) is 5.62. The maximum Gasteiger partial charge on any atom is 0.319 e. The lowest BCUT2D eigenvalue weighted by atomic mass is 10.1. The van der Waals surface area contributed by atoms with E-state index in [2.05, 4.69) is 20.7 Å². The SMILES string of the molecule is CNC(=O)Nc1c[nH]c2ccc(-c3cnn(-c4ccccc4)c3)cc12. The summed E-state index contributed by atoms with van der Waals surface area (Å²) < 4.78 is 1.85. The summed E-state index contributed by atoms with van der Waals surface area (Å²) in [5, 5.41) is 10.8. The first-order valence-corrected chi connectivity index (χ1v) is 7.95. The molecule has 0 aliphatic rings. The number of aromatic amines is 1. The third-order valence-corrected chi connectivity index (χ3v) is 4.09. The zero-order valence-electron chi connectivity index (χ0n) is 13.7. The maximum atomic E-state index is 11.6. The minimum Gasteiger partial charge on any atom is -0.359 e. The highest BCUT2D eigenvalue weighted by Crippen LogP contribution is 2.29. The summed E-state index contributed by atoms with van der Waals surface area (Å²) >= 11 is 0. The Hall–Kier alpha value is -3.54. The van der Waals surface area contributed by atoms with Gasteiger partial charge in [-0.1, -0.05) is 24.3 Å². The molecule has 124 valence electrons. The number of carbonyl (C=O) groups is 1. The second kappa shape index (κ2) is 6.16. The Kier molecular flexibility index (Phi) is 3.70. The van der Waals surface area contributed by atoms with Gasteiger partial charge in [0, 0.05) is 35.9 Å². The van der Waals surface area contributed by atoms with Crippen molar-refractivity contribution < 1.29 is 4.79 Å². The van der Waals surface area contributed by atoms with Crippen molar-refractivity contribution in [3.05, 3.63) is 67.1 Å². The predicted octanol–water partition coefficient (Wildman–Crippen LogP) is 3.77. The molecule has 25 heavy (non-hydrogen) atoms. The van der Waals surface area contributed by atoms with Crippen molar-refractivity contribution in [2.24, 2.45) is 0 Å². The van der Waals surface area contributed by atoms with E-state index in [9.17, 15) is 4.79 Å². The summed E-state index contributed by atoms with van der Waals surface area (Å²) in [5.41, 5.74) is 4.77. The number of nitrogens with one attached hydrogen (secondary N) is 3. The van der Waals surface area contributed by atoms with E-state index in [4.69, 9.17) is 0 Å². The van der Waals surface area contributed by atoms with Gasteiger partial charge in [0.05, 0.1) is 17.6 Å². The molecule has 0 atom stereocenters. The molecule has 2 aromatic heterocycles. The smallest absolute Gasteiger partial charge is 0.319 e. The molecule has 0 saturated heterocycles. The summed E-state index contributed by atoms with van der Waals surface area (Å²) in [4.78, 5) is 14.8. The van der Waals surface area contributed by atoms with Gasteiger partial charge in [0.1, 0.15) is 0 Å². The summed E-state index contributed by atoms with van der Waals surface area (Å²) in [7, 11) is 1.59. The molecule has 0 aliphatic carbocycles. The number of H-pyrrole nitrogens is 1. The van der Waals surface area contributed by atoms with Crippen molar-refractivity contribution in [1.82, 2.24) is 20.1 Å². The van der Waals surface area contributed by atoms with Gasteiger partial charge in [0.25, 0.3) is 0 Å². The van der Waals surface area contributed by atoms with E-state index >= 15 is 0 Å². The molecule has 0 bridgehead atoms.